The summed E-state index contributed by atoms with van der Waals surface area (Å²) in [5.41, 5.74) is 1.13. The van der Waals surface area contributed by atoms with Crippen LogP contribution in [0.5, 0.6) is 0 Å². The third-order valence-electron chi connectivity index (χ3n) is 4.32. The Morgan fingerprint density at radius 1 is 1.42 bits per heavy atom. The Morgan fingerprint density at radius 2 is 2.16 bits per heavy atom. The maximum absolute atomic E-state index is 9.19. The Hall–Kier alpha value is -0.870. The molecule has 0 saturated heterocycles. The van der Waals surface area contributed by atoms with E-state index in [-0.39, 0.29) is 6.61 Å². The molecule has 0 spiro atoms. The molecule has 1 fully saturated rings. The molecule has 0 bridgehead atoms. The van der Waals surface area contributed by atoms with Gasteiger partial charge in [0, 0.05) is 25.3 Å². The lowest BCUT2D eigenvalue weighted by Crippen LogP contribution is -2.41. The molecular weight excluding hydrogens is 238 g/mol. The first-order valence-corrected chi connectivity index (χ1v) is 7.67. The van der Waals surface area contributed by atoms with Gasteiger partial charge in [0.15, 0.2) is 0 Å². The van der Waals surface area contributed by atoms with Gasteiger partial charge >= 0.3 is 0 Å². The average Bonchev–Trinajstić information content (AvgIpc) is 2.77. The Morgan fingerprint density at radius 3 is 2.68 bits per heavy atom. The Labute approximate surface area is 116 Å². The molecule has 0 aromatic carbocycles. The van der Waals surface area contributed by atoms with E-state index in [1.165, 1.54) is 19.3 Å². The predicted octanol–water partition coefficient (Wildman–Crippen LogP) is 2.59. The zero-order valence-corrected chi connectivity index (χ0v) is 12.3. The van der Waals surface area contributed by atoms with E-state index >= 15 is 0 Å². The minimum atomic E-state index is 0.240. The number of aliphatic hydroxyl groups is 1. The monoisotopic (exact) mass is 265 g/mol. The van der Waals surface area contributed by atoms with E-state index in [0.29, 0.717) is 12.1 Å². The van der Waals surface area contributed by atoms with Gasteiger partial charge in [0.1, 0.15) is 0 Å². The summed E-state index contributed by atoms with van der Waals surface area (Å²) in [6.45, 7) is 6.30. The van der Waals surface area contributed by atoms with Gasteiger partial charge in [0.25, 0.3) is 0 Å². The lowest BCUT2D eigenvalue weighted by Gasteiger charge is -2.36. The van der Waals surface area contributed by atoms with Crippen molar-refractivity contribution in [2.45, 2.75) is 64.6 Å². The summed E-state index contributed by atoms with van der Waals surface area (Å²) in [5, 5.41) is 13.9. The largest absolute Gasteiger partial charge is 0.395 e. The molecule has 0 radical (unpaired) electrons. The second-order valence-corrected chi connectivity index (χ2v) is 5.54. The number of aliphatic hydroxyl groups excluding tert-OH is 1. The molecule has 4 heteroatoms. The summed E-state index contributed by atoms with van der Waals surface area (Å²) in [6, 6.07) is 3.30. The summed E-state index contributed by atoms with van der Waals surface area (Å²) in [7, 11) is 0. The van der Waals surface area contributed by atoms with Crippen molar-refractivity contribution in [2.75, 3.05) is 13.2 Å². The second kappa shape index (κ2) is 7.06. The fraction of sp³-hybridized carbons (Fsp3) is 0.800. The van der Waals surface area contributed by atoms with E-state index in [4.69, 9.17) is 5.10 Å². The molecule has 1 heterocycles. The van der Waals surface area contributed by atoms with Crippen LogP contribution in [-0.2, 0) is 6.54 Å². The molecule has 1 N–H and O–H groups in total. The van der Waals surface area contributed by atoms with Crippen LogP contribution in [0.3, 0.4) is 0 Å². The van der Waals surface area contributed by atoms with Crippen LogP contribution in [0.4, 0.5) is 0 Å². The third-order valence-corrected chi connectivity index (χ3v) is 4.32. The van der Waals surface area contributed by atoms with Crippen LogP contribution >= 0.6 is 0 Å². The molecule has 1 aromatic heterocycles. The van der Waals surface area contributed by atoms with E-state index < -0.39 is 0 Å². The van der Waals surface area contributed by atoms with Crippen molar-refractivity contribution in [1.82, 2.24) is 14.7 Å². The van der Waals surface area contributed by atoms with Crippen molar-refractivity contribution in [3.8, 4) is 0 Å². The molecule has 19 heavy (non-hydrogen) atoms. The summed E-state index contributed by atoms with van der Waals surface area (Å²) in [6.07, 6.45) is 8.22. The van der Waals surface area contributed by atoms with Crippen molar-refractivity contribution in [1.29, 1.82) is 0 Å². The van der Waals surface area contributed by atoms with E-state index in [9.17, 15) is 5.11 Å². The predicted molar refractivity (Wildman–Crippen MR) is 77.0 cm³/mol. The van der Waals surface area contributed by atoms with Gasteiger partial charge in [0.2, 0.25) is 0 Å². The number of rotatable bonds is 8. The highest BCUT2D eigenvalue weighted by atomic mass is 16.3. The quantitative estimate of drug-likeness (QED) is 0.785. The molecule has 0 atom stereocenters. The normalized spacial score (nSPS) is 16.3. The molecule has 1 aliphatic carbocycles. The van der Waals surface area contributed by atoms with Crippen LogP contribution in [0, 0.1) is 0 Å². The van der Waals surface area contributed by atoms with E-state index in [0.717, 1.165) is 31.6 Å². The molecule has 2 rings (SSSR count). The van der Waals surface area contributed by atoms with Crippen molar-refractivity contribution < 1.29 is 5.11 Å². The lowest BCUT2D eigenvalue weighted by atomic mass is 9.91. The van der Waals surface area contributed by atoms with Crippen LogP contribution in [0.15, 0.2) is 12.3 Å². The Bertz CT molecular complexity index is 369. The molecule has 1 saturated carbocycles. The van der Waals surface area contributed by atoms with Gasteiger partial charge in [-0.25, -0.2) is 0 Å². The molecule has 0 amide bonds. The number of aromatic nitrogens is 2. The van der Waals surface area contributed by atoms with Crippen LogP contribution < -0.4 is 0 Å². The molecule has 108 valence electrons. The Kier molecular flexibility index (Phi) is 5.40. The zero-order valence-electron chi connectivity index (χ0n) is 12.3. The highest BCUT2D eigenvalue weighted by molar-refractivity contribution is 5.01. The maximum atomic E-state index is 9.19. The lowest BCUT2D eigenvalue weighted by molar-refractivity contribution is 0.0930. The van der Waals surface area contributed by atoms with Crippen LogP contribution in [0.25, 0.3) is 0 Å². The van der Waals surface area contributed by atoms with Crippen LogP contribution in [0.2, 0.25) is 0 Å². The highest BCUT2D eigenvalue weighted by Crippen LogP contribution is 2.26. The van der Waals surface area contributed by atoms with Gasteiger partial charge in [-0.1, -0.05) is 20.3 Å². The van der Waals surface area contributed by atoms with Gasteiger partial charge in [-0.2, -0.15) is 5.10 Å². The third kappa shape index (κ3) is 3.57. The molecule has 1 aliphatic rings. The molecular formula is C15H27N3O. The Balaban J connectivity index is 1.96. The van der Waals surface area contributed by atoms with Crippen molar-refractivity contribution in [3.63, 3.8) is 0 Å². The number of nitrogens with zero attached hydrogens (tertiary/aromatic N) is 3. The first-order valence-electron chi connectivity index (χ1n) is 7.67. The molecule has 0 aliphatic heterocycles. The van der Waals surface area contributed by atoms with Gasteiger partial charge in [-0.15, -0.1) is 0 Å². The standard InChI is InChI=1S/C15H27N3O/c1-3-14(4-2)18-9-8-13(16-18)12-17(10-11-19)15-6-5-7-15/h8-9,14-15,19H,3-7,10-12H2,1-2H3. The molecule has 1 aromatic rings. The minimum absolute atomic E-state index is 0.240. The van der Waals surface area contributed by atoms with Gasteiger partial charge in [0.05, 0.1) is 18.3 Å². The number of hydrogen-bond donors (Lipinski definition) is 1. The first-order chi connectivity index (χ1) is 9.28. The van der Waals surface area contributed by atoms with Gasteiger partial charge in [-0.05, 0) is 31.7 Å². The first kappa shape index (κ1) is 14.5. The second-order valence-electron chi connectivity index (χ2n) is 5.54. The molecule has 4 nitrogen and oxygen atoms in total. The maximum Gasteiger partial charge on any atom is 0.0765 e. The summed E-state index contributed by atoms with van der Waals surface area (Å²) in [5.74, 6) is 0. The topological polar surface area (TPSA) is 41.3 Å². The smallest absolute Gasteiger partial charge is 0.0765 e. The summed E-state index contributed by atoms with van der Waals surface area (Å²) >= 11 is 0. The van der Waals surface area contributed by atoms with Crippen molar-refractivity contribution in [2.24, 2.45) is 0 Å². The van der Waals surface area contributed by atoms with Gasteiger partial charge in [-0.3, -0.25) is 9.58 Å². The van der Waals surface area contributed by atoms with Crippen molar-refractivity contribution >= 4 is 0 Å². The minimum Gasteiger partial charge on any atom is -0.395 e. The fourth-order valence-corrected chi connectivity index (χ4v) is 2.81. The van der Waals surface area contributed by atoms with E-state index in [1.54, 1.807) is 0 Å². The van der Waals surface area contributed by atoms with Crippen molar-refractivity contribution in [3.05, 3.63) is 18.0 Å². The highest BCUT2D eigenvalue weighted by Gasteiger charge is 2.25. The van der Waals surface area contributed by atoms with Crippen LogP contribution in [0.1, 0.15) is 57.7 Å². The summed E-state index contributed by atoms with van der Waals surface area (Å²) < 4.78 is 2.10. The summed E-state index contributed by atoms with van der Waals surface area (Å²) in [4.78, 5) is 2.38. The fourth-order valence-electron chi connectivity index (χ4n) is 2.81. The SMILES string of the molecule is CCC(CC)n1ccc(CN(CCO)C2CCC2)n1. The van der Waals surface area contributed by atoms with E-state index in [2.05, 4.69) is 35.7 Å². The van der Waals surface area contributed by atoms with Gasteiger partial charge < -0.3 is 5.11 Å². The van der Waals surface area contributed by atoms with Crippen LogP contribution in [-0.4, -0.2) is 39.0 Å². The zero-order chi connectivity index (χ0) is 13.7. The number of hydrogen-bond acceptors (Lipinski definition) is 3. The molecule has 0 unspecified atom stereocenters. The average molecular weight is 265 g/mol. The van der Waals surface area contributed by atoms with E-state index in [1.807, 2.05) is 0 Å².